The van der Waals surface area contributed by atoms with Crippen molar-refractivity contribution in [2.75, 3.05) is 26.8 Å². The van der Waals surface area contributed by atoms with E-state index in [1.807, 2.05) is 7.05 Å². The van der Waals surface area contributed by atoms with E-state index in [1.54, 1.807) is 0 Å². The van der Waals surface area contributed by atoms with Gasteiger partial charge in [0.2, 0.25) is 0 Å². The maximum Gasteiger partial charge on any atom is 0.160 e. The predicted molar refractivity (Wildman–Crippen MR) is 55.5 cm³/mol. The Morgan fingerprint density at radius 3 is 2.93 bits per heavy atom. The van der Waals surface area contributed by atoms with Crippen LogP contribution >= 0.6 is 0 Å². The third kappa shape index (κ3) is 4.90. The molecule has 90 valence electrons. The fourth-order valence-corrected chi connectivity index (χ4v) is 1.64. The lowest BCUT2D eigenvalue weighted by atomic mass is 10.1. The number of ether oxygens (including phenoxy) is 2. The summed E-state index contributed by atoms with van der Waals surface area (Å²) in [5.74, 6) is 0. The summed E-state index contributed by atoms with van der Waals surface area (Å²) in [5, 5.41) is 21.5. The van der Waals surface area contributed by atoms with Crippen molar-refractivity contribution in [3.63, 3.8) is 0 Å². The molecule has 0 aromatic carbocycles. The predicted octanol–water partition coefficient (Wildman–Crippen LogP) is -0.529. The van der Waals surface area contributed by atoms with E-state index in [1.165, 1.54) is 0 Å². The average Bonchev–Trinajstić information content (AvgIpc) is 2.23. The van der Waals surface area contributed by atoms with Crippen LogP contribution < -0.4 is 5.32 Å². The molecule has 1 fully saturated rings. The SMILES string of the molecule is CNCCCOC1CC(O)CC(CO)O1. The van der Waals surface area contributed by atoms with E-state index in [9.17, 15) is 5.11 Å². The Morgan fingerprint density at radius 2 is 2.27 bits per heavy atom. The van der Waals surface area contributed by atoms with Gasteiger partial charge in [-0.15, -0.1) is 0 Å². The molecule has 1 aliphatic heterocycles. The summed E-state index contributed by atoms with van der Waals surface area (Å²) in [5.41, 5.74) is 0. The van der Waals surface area contributed by atoms with Crippen LogP contribution in [0.2, 0.25) is 0 Å². The highest BCUT2D eigenvalue weighted by atomic mass is 16.7. The Balaban J connectivity index is 2.16. The maximum absolute atomic E-state index is 9.50. The molecule has 5 heteroatoms. The minimum absolute atomic E-state index is 0.0621. The summed E-state index contributed by atoms with van der Waals surface area (Å²) in [6.07, 6.45) is 0.815. The van der Waals surface area contributed by atoms with Gasteiger partial charge in [0.05, 0.1) is 25.4 Å². The fourth-order valence-electron chi connectivity index (χ4n) is 1.64. The number of aliphatic hydroxyl groups is 2. The van der Waals surface area contributed by atoms with E-state index in [0.29, 0.717) is 19.4 Å². The first-order chi connectivity index (χ1) is 7.26. The van der Waals surface area contributed by atoms with E-state index >= 15 is 0 Å². The molecule has 15 heavy (non-hydrogen) atoms. The van der Waals surface area contributed by atoms with Crippen LogP contribution in [0.3, 0.4) is 0 Å². The van der Waals surface area contributed by atoms with Gasteiger partial charge in [-0.2, -0.15) is 0 Å². The normalized spacial score (nSPS) is 31.8. The molecule has 3 unspecified atom stereocenters. The molecule has 3 N–H and O–H groups in total. The van der Waals surface area contributed by atoms with E-state index in [4.69, 9.17) is 14.6 Å². The molecule has 1 heterocycles. The van der Waals surface area contributed by atoms with Crippen molar-refractivity contribution in [2.24, 2.45) is 0 Å². The second kappa shape index (κ2) is 7.14. The van der Waals surface area contributed by atoms with Gasteiger partial charge in [0.1, 0.15) is 0 Å². The molecular weight excluding hydrogens is 198 g/mol. The van der Waals surface area contributed by atoms with Crippen molar-refractivity contribution in [1.82, 2.24) is 5.32 Å². The number of nitrogens with one attached hydrogen (secondary N) is 1. The molecule has 0 aliphatic carbocycles. The van der Waals surface area contributed by atoms with Crippen molar-refractivity contribution >= 4 is 0 Å². The molecule has 0 aromatic heterocycles. The van der Waals surface area contributed by atoms with E-state index in [2.05, 4.69) is 5.32 Å². The number of hydrogen-bond acceptors (Lipinski definition) is 5. The quantitative estimate of drug-likeness (QED) is 0.524. The first kappa shape index (κ1) is 12.9. The van der Waals surface area contributed by atoms with Gasteiger partial charge >= 0.3 is 0 Å². The van der Waals surface area contributed by atoms with Crippen molar-refractivity contribution < 1.29 is 19.7 Å². The van der Waals surface area contributed by atoms with Crippen LogP contribution in [-0.4, -0.2) is 55.5 Å². The van der Waals surface area contributed by atoms with Gasteiger partial charge in [-0.05, 0) is 20.0 Å². The second-order valence-corrected chi connectivity index (χ2v) is 3.82. The molecular formula is C10H21NO4. The van der Waals surface area contributed by atoms with Crippen LogP contribution in [0.4, 0.5) is 0 Å². The van der Waals surface area contributed by atoms with Crippen molar-refractivity contribution in [2.45, 2.75) is 37.8 Å². The van der Waals surface area contributed by atoms with Crippen LogP contribution in [0.25, 0.3) is 0 Å². The first-order valence-electron chi connectivity index (χ1n) is 5.47. The number of aliphatic hydroxyl groups excluding tert-OH is 2. The highest BCUT2D eigenvalue weighted by molar-refractivity contribution is 4.72. The van der Waals surface area contributed by atoms with Gasteiger partial charge in [0, 0.05) is 12.8 Å². The minimum atomic E-state index is -0.426. The third-order valence-corrected chi connectivity index (χ3v) is 2.42. The Morgan fingerprint density at radius 1 is 1.47 bits per heavy atom. The lowest BCUT2D eigenvalue weighted by Gasteiger charge is -2.32. The lowest BCUT2D eigenvalue weighted by Crippen LogP contribution is -2.39. The lowest BCUT2D eigenvalue weighted by molar-refractivity contribution is -0.221. The fraction of sp³-hybridized carbons (Fsp3) is 1.00. The zero-order valence-electron chi connectivity index (χ0n) is 9.19. The first-order valence-corrected chi connectivity index (χ1v) is 5.47. The summed E-state index contributed by atoms with van der Waals surface area (Å²) < 4.78 is 10.9. The van der Waals surface area contributed by atoms with E-state index in [0.717, 1.165) is 13.0 Å². The Labute approximate surface area is 90.4 Å². The van der Waals surface area contributed by atoms with Crippen LogP contribution in [0.15, 0.2) is 0 Å². The van der Waals surface area contributed by atoms with Gasteiger partial charge in [-0.1, -0.05) is 0 Å². The molecule has 1 saturated heterocycles. The summed E-state index contributed by atoms with van der Waals surface area (Å²) in [4.78, 5) is 0. The molecule has 0 saturated carbocycles. The van der Waals surface area contributed by atoms with E-state index < -0.39 is 6.10 Å². The van der Waals surface area contributed by atoms with Crippen molar-refractivity contribution in [1.29, 1.82) is 0 Å². The molecule has 3 atom stereocenters. The molecule has 0 spiro atoms. The zero-order chi connectivity index (χ0) is 11.1. The van der Waals surface area contributed by atoms with Crippen LogP contribution in [0.5, 0.6) is 0 Å². The zero-order valence-corrected chi connectivity index (χ0v) is 9.19. The average molecular weight is 219 g/mol. The molecule has 0 bridgehead atoms. The Bertz CT molecular complexity index is 168. The van der Waals surface area contributed by atoms with Crippen LogP contribution in [-0.2, 0) is 9.47 Å². The van der Waals surface area contributed by atoms with Gasteiger partial charge < -0.3 is 25.0 Å². The minimum Gasteiger partial charge on any atom is -0.394 e. The van der Waals surface area contributed by atoms with E-state index in [-0.39, 0.29) is 19.0 Å². The highest BCUT2D eigenvalue weighted by Gasteiger charge is 2.28. The summed E-state index contributed by atoms with van der Waals surface area (Å²) in [6.45, 7) is 1.45. The van der Waals surface area contributed by atoms with Crippen molar-refractivity contribution in [3.8, 4) is 0 Å². The summed E-state index contributed by atoms with van der Waals surface area (Å²) in [6, 6.07) is 0. The number of hydrogen-bond donors (Lipinski definition) is 3. The molecule has 5 nitrogen and oxygen atoms in total. The number of rotatable bonds is 6. The van der Waals surface area contributed by atoms with Crippen molar-refractivity contribution in [3.05, 3.63) is 0 Å². The molecule has 1 aliphatic rings. The topological polar surface area (TPSA) is 71.0 Å². The smallest absolute Gasteiger partial charge is 0.160 e. The Kier molecular flexibility index (Phi) is 6.12. The van der Waals surface area contributed by atoms with Gasteiger partial charge in [-0.3, -0.25) is 0 Å². The summed E-state index contributed by atoms with van der Waals surface area (Å²) >= 11 is 0. The van der Waals surface area contributed by atoms with Gasteiger partial charge in [0.15, 0.2) is 6.29 Å². The standard InChI is InChI=1S/C10H21NO4/c1-11-3-2-4-14-10-6-8(13)5-9(7-12)15-10/h8-13H,2-7H2,1H3. The monoisotopic (exact) mass is 219 g/mol. The van der Waals surface area contributed by atoms with Crippen LogP contribution in [0.1, 0.15) is 19.3 Å². The molecule has 0 amide bonds. The maximum atomic E-state index is 9.50. The Hall–Kier alpha value is -0.200. The molecule has 0 radical (unpaired) electrons. The van der Waals surface area contributed by atoms with Gasteiger partial charge in [-0.25, -0.2) is 0 Å². The largest absolute Gasteiger partial charge is 0.394 e. The van der Waals surface area contributed by atoms with Crippen LogP contribution in [0, 0.1) is 0 Å². The van der Waals surface area contributed by atoms with Gasteiger partial charge in [0.25, 0.3) is 0 Å². The highest BCUT2D eigenvalue weighted by Crippen LogP contribution is 2.20. The molecule has 1 rings (SSSR count). The molecule has 0 aromatic rings. The summed E-state index contributed by atoms with van der Waals surface area (Å²) in [7, 11) is 1.89. The second-order valence-electron chi connectivity index (χ2n) is 3.82. The third-order valence-electron chi connectivity index (χ3n) is 2.42.